The molecule has 1 nitrogen and oxygen atoms in total. The van der Waals surface area contributed by atoms with Crippen LogP contribution >= 0.6 is 11.8 Å². The quantitative estimate of drug-likeness (QED) is 0.562. The van der Waals surface area contributed by atoms with Gasteiger partial charge in [0.25, 0.3) is 0 Å². The second-order valence-corrected chi connectivity index (χ2v) is 5.20. The third-order valence-corrected chi connectivity index (χ3v) is 3.47. The lowest BCUT2D eigenvalue weighted by atomic mass is 9.98. The van der Waals surface area contributed by atoms with Crippen LogP contribution in [0.5, 0.6) is 0 Å². The summed E-state index contributed by atoms with van der Waals surface area (Å²) in [7, 11) is 0. The largest absolute Gasteiger partial charge is 0.317 e. The van der Waals surface area contributed by atoms with Gasteiger partial charge in [-0.15, -0.1) is 0 Å². The maximum atomic E-state index is 3.47. The van der Waals surface area contributed by atoms with E-state index in [1.807, 2.05) is 0 Å². The molecule has 0 aliphatic heterocycles. The monoisotopic (exact) mass is 217 g/mol. The number of hydrogen-bond acceptors (Lipinski definition) is 2. The fourth-order valence-corrected chi connectivity index (χ4v) is 2.38. The molecule has 2 heteroatoms. The van der Waals surface area contributed by atoms with E-state index in [2.05, 4.69) is 37.8 Å². The standard InChI is InChI=1S/C12H27NS/c1-4-8-12(11-13-5-2)9-7-10-14-6-3/h12-13H,4-11H2,1-3H3. The summed E-state index contributed by atoms with van der Waals surface area (Å²) in [6, 6.07) is 0. The second-order valence-electron chi connectivity index (χ2n) is 3.80. The van der Waals surface area contributed by atoms with Crippen LogP contribution < -0.4 is 5.32 Å². The van der Waals surface area contributed by atoms with E-state index < -0.39 is 0 Å². The lowest BCUT2D eigenvalue weighted by Gasteiger charge is -2.15. The van der Waals surface area contributed by atoms with Crippen molar-refractivity contribution in [1.29, 1.82) is 0 Å². The third-order valence-electron chi connectivity index (χ3n) is 2.49. The van der Waals surface area contributed by atoms with E-state index in [4.69, 9.17) is 0 Å². The van der Waals surface area contributed by atoms with Gasteiger partial charge in [-0.1, -0.05) is 27.2 Å². The van der Waals surface area contributed by atoms with Gasteiger partial charge in [0.05, 0.1) is 0 Å². The van der Waals surface area contributed by atoms with Gasteiger partial charge in [0, 0.05) is 0 Å². The van der Waals surface area contributed by atoms with Gasteiger partial charge in [0.2, 0.25) is 0 Å². The van der Waals surface area contributed by atoms with Crippen molar-refractivity contribution in [2.24, 2.45) is 5.92 Å². The molecule has 0 aliphatic carbocycles. The summed E-state index contributed by atoms with van der Waals surface area (Å²) in [4.78, 5) is 0. The SMILES string of the molecule is CCCC(CCCSCC)CNCC. The normalized spacial score (nSPS) is 13.1. The highest BCUT2D eigenvalue weighted by molar-refractivity contribution is 7.99. The predicted octanol–water partition coefficient (Wildman–Crippen LogP) is 3.55. The molecule has 86 valence electrons. The Bertz CT molecular complexity index is 106. The number of hydrogen-bond donors (Lipinski definition) is 1. The Morgan fingerprint density at radius 2 is 1.93 bits per heavy atom. The molecule has 0 radical (unpaired) electrons. The van der Waals surface area contributed by atoms with Crippen molar-refractivity contribution in [3.8, 4) is 0 Å². The molecule has 0 bridgehead atoms. The van der Waals surface area contributed by atoms with Gasteiger partial charge >= 0.3 is 0 Å². The molecule has 0 saturated carbocycles. The van der Waals surface area contributed by atoms with E-state index in [1.54, 1.807) is 0 Å². The maximum absolute atomic E-state index is 3.47. The van der Waals surface area contributed by atoms with Crippen molar-refractivity contribution >= 4 is 11.8 Å². The van der Waals surface area contributed by atoms with Crippen LogP contribution in [0.15, 0.2) is 0 Å². The van der Waals surface area contributed by atoms with Crippen LogP contribution in [0.3, 0.4) is 0 Å². The summed E-state index contributed by atoms with van der Waals surface area (Å²) >= 11 is 2.07. The molecule has 1 atom stereocenters. The predicted molar refractivity (Wildman–Crippen MR) is 69.2 cm³/mol. The molecular weight excluding hydrogens is 190 g/mol. The minimum absolute atomic E-state index is 0.914. The van der Waals surface area contributed by atoms with Crippen LogP contribution in [-0.2, 0) is 0 Å². The van der Waals surface area contributed by atoms with E-state index >= 15 is 0 Å². The zero-order chi connectivity index (χ0) is 10.6. The van der Waals surface area contributed by atoms with Gasteiger partial charge in [0.15, 0.2) is 0 Å². The van der Waals surface area contributed by atoms with E-state index in [0.29, 0.717) is 0 Å². The number of rotatable bonds is 10. The van der Waals surface area contributed by atoms with Crippen molar-refractivity contribution in [2.45, 2.75) is 46.5 Å². The van der Waals surface area contributed by atoms with Gasteiger partial charge in [-0.25, -0.2) is 0 Å². The molecule has 0 aromatic heterocycles. The van der Waals surface area contributed by atoms with Crippen LogP contribution in [-0.4, -0.2) is 24.6 Å². The topological polar surface area (TPSA) is 12.0 Å². The summed E-state index contributed by atoms with van der Waals surface area (Å²) in [6.45, 7) is 9.06. The highest BCUT2D eigenvalue weighted by Crippen LogP contribution is 2.14. The molecule has 0 rings (SSSR count). The summed E-state index contributed by atoms with van der Waals surface area (Å²) < 4.78 is 0. The van der Waals surface area contributed by atoms with Crippen molar-refractivity contribution in [3.05, 3.63) is 0 Å². The maximum Gasteiger partial charge on any atom is -0.00206 e. The zero-order valence-electron chi connectivity index (χ0n) is 10.1. The first-order chi connectivity index (χ1) is 6.85. The average molecular weight is 217 g/mol. The van der Waals surface area contributed by atoms with Crippen molar-refractivity contribution in [1.82, 2.24) is 5.32 Å². The Labute approximate surface area is 94.4 Å². The summed E-state index contributed by atoms with van der Waals surface area (Å²) in [5.74, 6) is 3.53. The van der Waals surface area contributed by atoms with Crippen LogP contribution in [0.1, 0.15) is 46.5 Å². The Kier molecular flexibility index (Phi) is 11.6. The summed E-state index contributed by atoms with van der Waals surface area (Å²) in [5, 5.41) is 3.47. The Hall–Kier alpha value is 0.310. The minimum atomic E-state index is 0.914. The molecule has 0 amide bonds. The van der Waals surface area contributed by atoms with E-state index in [-0.39, 0.29) is 0 Å². The molecule has 0 fully saturated rings. The first kappa shape index (κ1) is 14.3. The van der Waals surface area contributed by atoms with Gasteiger partial charge in [-0.3, -0.25) is 0 Å². The first-order valence-corrected chi connectivity index (χ1v) is 7.29. The van der Waals surface area contributed by atoms with Gasteiger partial charge in [-0.2, -0.15) is 11.8 Å². The summed E-state index contributed by atoms with van der Waals surface area (Å²) in [6.07, 6.45) is 5.53. The fourth-order valence-electron chi connectivity index (χ4n) is 1.72. The van der Waals surface area contributed by atoms with Crippen molar-refractivity contribution in [3.63, 3.8) is 0 Å². The molecule has 1 N–H and O–H groups in total. The molecule has 14 heavy (non-hydrogen) atoms. The molecule has 0 aliphatic rings. The molecule has 1 unspecified atom stereocenters. The third kappa shape index (κ3) is 8.89. The van der Waals surface area contributed by atoms with Crippen molar-refractivity contribution in [2.75, 3.05) is 24.6 Å². The van der Waals surface area contributed by atoms with Gasteiger partial charge in [0.1, 0.15) is 0 Å². The van der Waals surface area contributed by atoms with Crippen molar-refractivity contribution < 1.29 is 0 Å². The molecule has 0 spiro atoms. The van der Waals surface area contributed by atoms with Crippen LogP contribution in [0.2, 0.25) is 0 Å². The smallest absolute Gasteiger partial charge is 0.00206 e. The first-order valence-electron chi connectivity index (χ1n) is 6.13. The Morgan fingerprint density at radius 1 is 1.14 bits per heavy atom. The number of thioether (sulfide) groups is 1. The van der Waals surface area contributed by atoms with Gasteiger partial charge in [-0.05, 0) is 49.8 Å². The van der Waals surface area contributed by atoms with E-state index in [9.17, 15) is 0 Å². The molecule has 0 aromatic rings. The lowest BCUT2D eigenvalue weighted by Crippen LogP contribution is -2.22. The molecule has 0 aromatic carbocycles. The van der Waals surface area contributed by atoms with Crippen LogP contribution in [0.4, 0.5) is 0 Å². The zero-order valence-corrected chi connectivity index (χ0v) is 11.0. The van der Waals surface area contributed by atoms with E-state index in [1.165, 1.54) is 43.7 Å². The second kappa shape index (κ2) is 11.4. The van der Waals surface area contributed by atoms with Crippen LogP contribution in [0.25, 0.3) is 0 Å². The average Bonchev–Trinajstić information content (AvgIpc) is 2.20. The fraction of sp³-hybridized carbons (Fsp3) is 1.00. The molecule has 0 heterocycles. The highest BCUT2D eigenvalue weighted by Gasteiger charge is 2.06. The number of nitrogens with one attached hydrogen (secondary N) is 1. The summed E-state index contributed by atoms with van der Waals surface area (Å²) in [5.41, 5.74) is 0. The lowest BCUT2D eigenvalue weighted by molar-refractivity contribution is 0.416. The molecular formula is C12H27NS. The molecule has 0 saturated heterocycles. The highest BCUT2D eigenvalue weighted by atomic mass is 32.2. The van der Waals surface area contributed by atoms with Gasteiger partial charge < -0.3 is 5.32 Å². The van der Waals surface area contributed by atoms with Crippen LogP contribution in [0, 0.1) is 5.92 Å². The minimum Gasteiger partial charge on any atom is -0.317 e. The van der Waals surface area contributed by atoms with E-state index in [0.717, 1.165) is 12.5 Å². The Morgan fingerprint density at radius 3 is 2.50 bits per heavy atom. The Balaban J connectivity index is 3.40.